The number of benzene rings is 2. The third-order valence-electron chi connectivity index (χ3n) is 6.66. The lowest BCUT2D eigenvalue weighted by Gasteiger charge is -2.33. The van der Waals surface area contributed by atoms with Crippen LogP contribution in [0.1, 0.15) is 30.5 Å². The summed E-state index contributed by atoms with van der Waals surface area (Å²) in [6.45, 7) is 4.17. The second-order valence-corrected chi connectivity index (χ2v) is 9.18. The molecule has 0 saturated carbocycles. The maximum Gasteiger partial charge on any atom is 0.223 e. The molecule has 180 valence electrons. The number of rotatable bonds is 7. The van der Waals surface area contributed by atoms with Crippen molar-refractivity contribution in [2.24, 2.45) is 5.92 Å². The first kappa shape index (κ1) is 23.0. The number of nitrogens with one attached hydrogen (secondary N) is 1. The molecular formula is C28H30FN5O. The molecule has 0 aliphatic carbocycles. The van der Waals surface area contributed by atoms with Crippen molar-refractivity contribution >= 4 is 17.4 Å². The first-order valence-corrected chi connectivity index (χ1v) is 12.3. The lowest BCUT2D eigenvalue weighted by molar-refractivity contribution is -0.125. The Balaban J connectivity index is 1.22. The number of anilines is 1. The number of carbonyl (C=O) groups is 1. The van der Waals surface area contributed by atoms with Crippen LogP contribution in [-0.4, -0.2) is 40.1 Å². The van der Waals surface area contributed by atoms with Crippen molar-refractivity contribution in [3.05, 3.63) is 83.8 Å². The fourth-order valence-electron chi connectivity index (χ4n) is 4.77. The van der Waals surface area contributed by atoms with Crippen LogP contribution in [-0.2, 0) is 11.2 Å². The second kappa shape index (κ2) is 10.3. The summed E-state index contributed by atoms with van der Waals surface area (Å²) in [5, 5.41) is 7.80. The summed E-state index contributed by atoms with van der Waals surface area (Å²) in [6.07, 6.45) is 3.48. The van der Waals surface area contributed by atoms with Gasteiger partial charge in [-0.15, -0.1) is 0 Å². The van der Waals surface area contributed by atoms with Crippen LogP contribution in [0.25, 0.3) is 16.9 Å². The van der Waals surface area contributed by atoms with E-state index in [4.69, 9.17) is 0 Å². The highest BCUT2D eigenvalue weighted by atomic mass is 19.1. The van der Waals surface area contributed by atoms with E-state index < -0.39 is 0 Å². The van der Waals surface area contributed by atoms with Crippen molar-refractivity contribution in [2.45, 2.75) is 32.6 Å². The van der Waals surface area contributed by atoms with Gasteiger partial charge in [0.2, 0.25) is 5.91 Å². The topological polar surface area (TPSA) is 62.5 Å². The molecule has 0 spiro atoms. The molecule has 1 saturated heterocycles. The number of fused-ring (bicyclic) bond motifs is 1. The zero-order chi connectivity index (χ0) is 24.2. The smallest absolute Gasteiger partial charge is 0.223 e. The number of nitrogens with zero attached hydrogens (tertiary/aromatic N) is 4. The Morgan fingerprint density at radius 1 is 1.06 bits per heavy atom. The molecule has 3 heterocycles. The van der Waals surface area contributed by atoms with Gasteiger partial charge in [-0.25, -0.2) is 9.37 Å². The third kappa shape index (κ3) is 5.19. The van der Waals surface area contributed by atoms with E-state index in [-0.39, 0.29) is 17.6 Å². The van der Waals surface area contributed by atoms with Gasteiger partial charge in [-0.1, -0.05) is 42.5 Å². The molecule has 0 radical (unpaired) electrons. The molecule has 1 N–H and O–H groups in total. The first-order chi connectivity index (χ1) is 17.1. The fraction of sp³-hybridized carbons (Fsp3) is 0.321. The van der Waals surface area contributed by atoms with Crippen molar-refractivity contribution in [1.29, 1.82) is 0 Å². The Hall–Kier alpha value is -3.74. The minimum absolute atomic E-state index is 0.0213. The molecule has 35 heavy (non-hydrogen) atoms. The van der Waals surface area contributed by atoms with Gasteiger partial charge in [0.1, 0.15) is 11.6 Å². The molecule has 1 aliphatic rings. The molecule has 5 rings (SSSR count). The standard InChI is InChI=1S/C28H30FN5O/c1-20-18-27(34-26(31-20)19-25(32-34)23-11-5-6-12-24(23)29)33-16-13-22(14-17-33)28(35)30-15-7-10-21-8-3-2-4-9-21/h2-6,8-9,11-12,18-19,22H,7,10,13-17H2,1H3,(H,30,35). The van der Waals surface area contributed by atoms with E-state index in [2.05, 4.69) is 32.4 Å². The van der Waals surface area contributed by atoms with Crippen LogP contribution in [0.15, 0.2) is 66.7 Å². The van der Waals surface area contributed by atoms with Crippen molar-refractivity contribution in [3.63, 3.8) is 0 Å². The van der Waals surface area contributed by atoms with E-state index in [1.54, 1.807) is 22.7 Å². The number of halogens is 1. The lowest BCUT2D eigenvalue weighted by Crippen LogP contribution is -2.41. The van der Waals surface area contributed by atoms with E-state index in [9.17, 15) is 9.18 Å². The zero-order valence-corrected chi connectivity index (χ0v) is 20.0. The summed E-state index contributed by atoms with van der Waals surface area (Å²) < 4.78 is 16.1. The van der Waals surface area contributed by atoms with Gasteiger partial charge in [0.05, 0.1) is 5.69 Å². The van der Waals surface area contributed by atoms with Gasteiger partial charge in [0.25, 0.3) is 0 Å². The van der Waals surface area contributed by atoms with Gasteiger partial charge in [-0.05, 0) is 50.3 Å². The van der Waals surface area contributed by atoms with Gasteiger partial charge >= 0.3 is 0 Å². The van der Waals surface area contributed by atoms with E-state index in [1.807, 2.05) is 37.3 Å². The number of aryl methyl sites for hydroxylation is 2. The van der Waals surface area contributed by atoms with Crippen molar-refractivity contribution < 1.29 is 9.18 Å². The Labute approximate surface area is 204 Å². The summed E-state index contributed by atoms with van der Waals surface area (Å²) in [5.41, 5.74) is 3.89. The summed E-state index contributed by atoms with van der Waals surface area (Å²) in [4.78, 5) is 19.6. The normalized spacial score (nSPS) is 14.4. The van der Waals surface area contributed by atoms with Crippen molar-refractivity contribution in [3.8, 4) is 11.3 Å². The third-order valence-corrected chi connectivity index (χ3v) is 6.66. The van der Waals surface area contributed by atoms with E-state index in [1.165, 1.54) is 11.6 Å². The number of amides is 1. The molecule has 6 nitrogen and oxygen atoms in total. The molecule has 1 amide bonds. The summed E-state index contributed by atoms with van der Waals surface area (Å²) in [7, 11) is 0. The van der Waals surface area contributed by atoms with Crippen LogP contribution < -0.4 is 10.2 Å². The molecule has 1 aliphatic heterocycles. The number of hydrogen-bond acceptors (Lipinski definition) is 4. The number of carbonyl (C=O) groups excluding carboxylic acids is 1. The molecule has 0 bridgehead atoms. The van der Waals surface area contributed by atoms with Crippen LogP contribution in [0.3, 0.4) is 0 Å². The maximum atomic E-state index is 14.3. The van der Waals surface area contributed by atoms with Crippen LogP contribution in [0, 0.1) is 18.7 Å². The monoisotopic (exact) mass is 471 g/mol. The number of aromatic nitrogens is 3. The van der Waals surface area contributed by atoms with Gasteiger partial charge in [-0.2, -0.15) is 9.61 Å². The average Bonchev–Trinajstić information content (AvgIpc) is 3.30. The van der Waals surface area contributed by atoms with Crippen molar-refractivity contribution in [1.82, 2.24) is 19.9 Å². The Bertz CT molecular complexity index is 1310. The molecule has 0 unspecified atom stereocenters. The fourth-order valence-corrected chi connectivity index (χ4v) is 4.77. The first-order valence-electron chi connectivity index (χ1n) is 12.3. The quantitative estimate of drug-likeness (QED) is 0.393. The van der Waals surface area contributed by atoms with Gasteiger partial charge in [0.15, 0.2) is 5.65 Å². The average molecular weight is 472 g/mol. The summed E-state index contributed by atoms with van der Waals surface area (Å²) in [6, 6.07) is 20.8. The predicted octanol–water partition coefficient (Wildman–Crippen LogP) is 4.81. The molecule has 4 aromatic rings. The number of hydrogen-bond donors (Lipinski definition) is 1. The van der Waals surface area contributed by atoms with Gasteiger partial charge in [0, 0.05) is 48.9 Å². The molecule has 1 fully saturated rings. The summed E-state index contributed by atoms with van der Waals surface area (Å²) >= 11 is 0. The van der Waals surface area contributed by atoms with Crippen LogP contribution in [0.4, 0.5) is 10.2 Å². The maximum absolute atomic E-state index is 14.3. The van der Waals surface area contributed by atoms with E-state index in [0.29, 0.717) is 23.4 Å². The molecule has 2 aromatic heterocycles. The van der Waals surface area contributed by atoms with E-state index >= 15 is 0 Å². The second-order valence-electron chi connectivity index (χ2n) is 9.18. The largest absolute Gasteiger partial charge is 0.356 e. The van der Waals surface area contributed by atoms with Crippen LogP contribution in [0.5, 0.6) is 0 Å². The van der Waals surface area contributed by atoms with Crippen LogP contribution >= 0.6 is 0 Å². The van der Waals surface area contributed by atoms with Gasteiger partial charge in [-0.3, -0.25) is 4.79 Å². The predicted molar refractivity (Wildman–Crippen MR) is 136 cm³/mol. The van der Waals surface area contributed by atoms with Crippen molar-refractivity contribution in [2.75, 3.05) is 24.5 Å². The Morgan fingerprint density at radius 3 is 2.57 bits per heavy atom. The number of piperidine rings is 1. The minimum atomic E-state index is -0.301. The SMILES string of the molecule is Cc1cc(N2CCC(C(=O)NCCCc3ccccc3)CC2)n2nc(-c3ccccc3F)cc2n1. The highest BCUT2D eigenvalue weighted by Gasteiger charge is 2.26. The molecule has 0 atom stereocenters. The molecular weight excluding hydrogens is 441 g/mol. The summed E-state index contributed by atoms with van der Waals surface area (Å²) in [5.74, 6) is 0.796. The lowest BCUT2D eigenvalue weighted by atomic mass is 9.96. The Kier molecular flexibility index (Phi) is 6.75. The van der Waals surface area contributed by atoms with Crippen LogP contribution in [0.2, 0.25) is 0 Å². The zero-order valence-electron chi connectivity index (χ0n) is 20.0. The van der Waals surface area contributed by atoms with E-state index in [0.717, 1.165) is 50.3 Å². The van der Waals surface area contributed by atoms with Gasteiger partial charge < -0.3 is 10.2 Å². The Morgan fingerprint density at radius 2 is 1.80 bits per heavy atom. The molecule has 7 heteroatoms. The minimum Gasteiger partial charge on any atom is -0.356 e. The highest BCUT2D eigenvalue weighted by Crippen LogP contribution is 2.28. The highest BCUT2D eigenvalue weighted by molar-refractivity contribution is 5.79. The molecule has 2 aromatic carbocycles.